The predicted molar refractivity (Wildman–Crippen MR) is 258 cm³/mol. The van der Waals surface area contributed by atoms with Gasteiger partial charge in [-0.15, -0.1) is 0 Å². The first-order chi connectivity index (χ1) is 27.7. The third-order valence-electron chi connectivity index (χ3n) is 17.9. The Morgan fingerprint density at radius 3 is 1.33 bits per heavy atom. The van der Waals surface area contributed by atoms with Gasteiger partial charge in [0, 0.05) is 18.2 Å². The monoisotopic (exact) mass is 854 g/mol. The lowest BCUT2D eigenvalue weighted by Gasteiger charge is -2.68. The summed E-state index contributed by atoms with van der Waals surface area (Å²) in [5, 5.41) is 2.60. The zero-order chi connectivity index (χ0) is 43.3. The topological polar surface area (TPSA) is 29.5 Å². The van der Waals surface area contributed by atoms with Crippen molar-refractivity contribution in [1.82, 2.24) is 4.31 Å². The van der Waals surface area contributed by atoms with Crippen molar-refractivity contribution in [3.8, 4) is 5.75 Å². The molecule has 2 aromatic carbocycles. The van der Waals surface area contributed by atoms with Crippen LogP contribution in [0.1, 0.15) is 219 Å². The Morgan fingerprint density at radius 2 is 1.00 bits per heavy atom. The molecule has 2 aromatic rings. The number of nitrogens with zero attached hydrogens (tertiary/aromatic N) is 1. The molecule has 0 aliphatic heterocycles. The number of ether oxygens (including phenoxy) is 1. The minimum Gasteiger partial charge on any atom is -0.496 e. The molecular weight excluding hydrogens is 770 g/mol. The normalized spacial score (nSPS) is 35.4. The van der Waals surface area contributed by atoms with Gasteiger partial charge in [0.25, 0.3) is 0 Å². The molecule has 9 aliphatic carbocycles. The zero-order valence-electron chi connectivity index (χ0n) is 40.9. The van der Waals surface area contributed by atoms with Gasteiger partial charge in [0.15, 0.2) is 0 Å². The van der Waals surface area contributed by atoms with E-state index in [9.17, 15) is 0 Å². The van der Waals surface area contributed by atoms with Crippen LogP contribution in [0.15, 0.2) is 24.3 Å². The van der Waals surface area contributed by atoms with Gasteiger partial charge in [-0.1, -0.05) is 89.3 Å². The van der Waals surface area contributed by atoms with Gasteiger partial charge < -0.3 is 4.74 Å². The molecule has 3 nitrogen and oxygen atoms in total. The number of hydrogen-bond donors (Lipinski definition) is 0. The molecule has 0 heterocycles. The first-order valence-corrected chi connectivity index (χ1v) is 27.1. The second-order valence-corrected chi connectivity index (χ2v) is 32.2. The Kier molecular flexibility index (Phi) is 10.6. The Labute approximate surface area is 371 Å². The molecule has 0 radical (unpaired) electrons. The lowest BCUT2D eigenvalue weighted by molar-refractivity contribution is 0.0195. The first kappa shape index (κ1) is 44.0. The fourth-order valence-electron chi connectivity index (χ4n) is 16.0. The third-order valence-corrected chi connectivity index (χ3v) is 23.5. The van der Waals surface area contributed by atoms with E-state index in [1.54, 1.807) is 16.4 Å². The van der Waals surface area contributed by atoms with Gasteiger partial charge in [0.05, 0.1) is 17.9 Å². The summed E-state index contributed by atoms with van der Waals surface area (Å²) in [4.78, 5) is 0. The minimum atomic E-state index is -1.24. The maximum absolute atomic E-state index is 15.3. The number of fused-ring (bicyclic) bond motifs is 1. The van der Waals surface area contributed by atoms with Crippen molar-refractivity contribution in [1.29, 1.82) is 0 Å². The average molecular weight is 854 g/mol. The largest absolute Gasteiger partial charge is 0.496 e. The Hall–Kier alpha value is -1.22. The Balaban J connectivity index is 1.39. The first-order valence-electron chi connectivity index (χ1n) is 24.6. The van der Waals surface area contributed by atoms with Crippen LogP contribution in [0, 0.1) is 35.5 Å². The highest BCUT2D eigenvalue weighted by molar-refractivity contribution is 7.84. The summed E-state index contributed by atoms with van der Waals surface area (Å²) in [5.41, 5.74) is 8.45. The van der Waals surface area contributed by atoms with Gasteiger partial charge in [-0.25, -0.2) is 8.51 Å². The lowest BCUT2D eigenvalue weighted by atomic mass is 9.55. The van der Waals surface area contributed by atoms with E-state index in [0.717, 1.165) is 41.3 Å². The van der Waals surface area contributed by atoms with Gasteiger partial charge in [0.2, 0.25) is 0 Å². The van der Waals surface area contributed by atoms with Gasteiger partial charge in [-0.3, -0.25) is 0 Å². The van der Waals surface area contributed by atoms with Gasteiger partial charge in [-0.2, -0.15) is 0 Å². The van der Waals surface area contributed by atoms with Crippen molar-refractivity contribution in [2.75, 3.05) is 14.2 Å². The second kappa shape index (κ2) is 14.4. The van der Waals surface area contributed by atoms with Crippen LogP contribution in [0.4, 0.5) is 0 Å². The molecule has 8 fully saturated rings. The van der Waals surface area contributed by atoms with Crippen molar-refractivity contribution in [2.45, 2.75) is 223 Å². The van der Waals surface area contributed by atoms with Crippen LogP contribution >= 0.6 is 7.92 Å². The zero-order valence-corrected chi connectivity index (χ0v) is 42.6. The number of rotatable bonds is 8. The summed E-state index contributed by atoms with van der Waals surface area (Å²) in [7, 11) is 2.32. The molecule has 60 heavy (non-hydrogen) atoms. The van der Waals surface area contributed by atoms with Gasteiger partial charge >= 0.3 is 0 Å². The summed E-state index contributed by atoms with van der Waals surface area (Å²) in [6.07, 6.45) is 20.2. The van der Waals surface area contributed by atoms with Crippen molar-refractivity contribution < 1.29 is 8.95 Å². The minimum absolute atomic E-state index is 0.0710. The summed E-state index contributed by atoms with van der Waals surface area (Å²) >= 11 is 0. The molecule has 8 bridgehead atoms. The van der Waals surface area contributed by atoms with Gasteiger partial charge in [0.1, 0.15) is 16.7 Å². The van der Waals surface area contributed by atoms with Crippen LogP contribution in [0.5, 0.6) is 5.75 Å². The van der Waals surface area contributed by atoms with E-state index in [-0.39, 0.29) is 27.7 Å². The van der Waals surface area contributed by atoms with Crippen LogP contribution in [0.25, 0.3) is 0 Å². The third kappa shape index (κ3) is 7.28. The number of benzene rings is 2. The van der Waals surface area contributed by atoms with E-state index in [4.69, 9.17) is 4.74 Å². The Morgan fingerprint density at radius 1 is 0.633 bits per heavy atom. The number of methoxy groups -OCH3 is 1. The number of hydrogen-bond acceptors (Lipinski definition) is 2. The van der Waals surface area contributed by atoms with E-state index in [2.05, 4.69) is 126 Å². The average Bonchev–Trinajstić information content (AvgIpc) is 3.11. The van der Waals surface area contributed by atoms with Crippen LogP contribution in [-0.2, 0) is 32.6 Å². The fourth-order valence-corrected chi connectivity index (χ4v) is 22.6. The van der Waals surface area contributed by atoms with Crippen LogP contribution in [0.2, 0.25) is 0 Å². The highest BCUT2D eigenvalue weighted by Crippen LogP contribution is 2.79. The SMILES string of the molecule is COc1c(C(C)(C)C)cc([C@@H](c2cc3c(cc2P(C24CC5CC(CC(C5)C2)C4)C24CC5CC(CC(C5)C2)C4)C(C)(C)CCC3(C)C)N(C)S(=O)C(C)(C)C)cc1C(C)(C)C. The van der Waals surface area contributed by atoms with E-state index < -0.39 is 23.7 Å². The standard InChI is InChI=1S/C55H84NO2PS/c1-49(2,3)44-24-40(25-45(48(44)58-15)50(4,5)6)47(56(14)60(57)51(7,8)9)41-26-42-43(53(12,13)17-16-52(42,10)11)27-46(41)59(54-28-34-18-35(29-54)20-36(19-34)30-54)55-31-37-21-38(32-55)23-39(22-37)33-55/h24-27,34-39,47H,16-23,28-33H2,1-15H3/t34?,35?,36?,37?,38?,39?,47-,54?,55?,59?,60?/m0/s1. The molecule has 2 atom stereocenters. The molecule has 5 heteroatoms. The quantitative estimate of drug-likeness (QED) is 0.248. The smallest absolute Gasteiger partial charge is 0.126 e. The molecule has 8 saturated carbocycles. The van der Waals surface area contributed by atoms with Crippen molar-refractivity contribution in [3.05, 3.63) is 57.6 Å². The molecule has 332 valence electrons. The molecular formula is C55H84NO2PS. The van der Waals surface area contributed by atoms with E-state index in [1.807, 2.05) is 7.11 Å². The second-order valence-electron chi connectivity index (χ2n) is 26.8. The molecule has 0 N–H and O–H groups in total. The fraction of sp³-hybridized carbons (Fsp3) is 0.782. The molecule has 0 aromatic heterocycles. The van der Waals surface area contributed by atoms with Crippen molar-refractivity contribution in [2.24, 2.45) is 35.5 Å². The maximum atomic E-state index is 15.3. The summed E-state index contributed by atoms with van der Waals surface area (Å²) in [6, 6.07) is 10.6. The molecule has 0 saturated heterocycles. The van der Waals surface area contributed by atoms with Crippen LogP contribution < -0.4 is 10.0 Å². The maximum Gasteiger partial charge on any atom is 0.126 e. The van der Waals surface area contributed by atoms with E-state index >= 15 is 4.21 Å². The summed E-state index contributed by atoms with van der Waals surface area (Å²) in [6.45, 7) is 30.8. The van der Waals surface area contributed by atoms with Crippen LogP contribution in [0.3, 0.4) is 0 Å². The predicted octanol–water partition coefficient (Wildman–Crippen LogP) is 14.2. The molecule has 0 amide bonds. The molecule has 0 spiro atoms. The van der Waals surface area contributed by atoms with Crippen molar-refractivity contribution >= 4 is 24.2 Å². The highest BCUT2D eigenvalue weighted by atomic mass is 32.2. The molecule has 1 unspecified atom stereocenters. The Bertz CT molecular complexity index is 1890. The molecule has 9 aliphatic rings. The van der Waals surface area contributed by atoms with E-state index in [0.29, 0.717) is 10.3 Å². The highest BCUT2D eigenvalue weighted by Gasteiger charge is 2.64. The van der Waals surface area contributed by atoms with Crippen molar-refractivity contribution in [3.63, 3.8) is 0 Å². The summed E-state index contributed by atoms with van der Waals surface area (Å²) in [5.74, 6) is 6.54. The molecule has 11 rings (SSSR count). The van der Waals surface area contributed by atoms with E-state index in [1.165, 1.54) is 112 Å². The van der Waals surface area contributed by atoms with Crippen LogP contribution in [-0.4, -0.2) is 37.7 Å². The lowest BCUT2D eigenvalue weighted by Crippen LogP contribution is -2.58. The summed E-state index contributed by atoms with van der Waals surface area (Å²) < 4.78 is 23.7. The van der Waals surface area contributed by atoms with Gasteiger partial charge in [-0.05, 0) is 218 Å².